The normalized spacial score (nSPS) is 18.9. The second-order valence-electron chi connectivity index (χ2n) is 9.25. The summed E-state index contributed by atoms with van der Waals surface area (Å²) in [6.07, 6.45) is -3.72. The number of carbonyl (C=O) groups excluding carboxylic acids is 1. The highest BCUT2D eigenvalue weighted by molar-refractivity contribution is 6.01. The van der Waals surface area contributed by atoms with E-state index in [4.69, 9.17) is 14.2 Å². The Balaban J connectivity index is 1.58. The quantitative estimate of drug-likeness (QED) is 0.387. The Morgan fingerprint density at radius 1 is 0.816 bits per heavy atom. The highest BCUT2D eigenvalue weighted by Gasteiger charge is 2.37. The number of anilines is 2. The van der Waals surface area contributed by atoms with Crippen LogP contribution < -0.4 is 24.8 Å². The topological polar surface area (TPSA) is 68.8 Å². The highest BCUT2D eigenvalue weighted by Crippen LogP contribution is 2.47. The fraction of sp³-hybridized carbons (Fsp3) is 0.276. The molecule has 3 aromatic rings. The van der Waals surface area contributed by atoms with Crippen LogP contribution in [0.1, 0.15) is 41.5 Å². The third kappa shape index (κ3) is 4.64. The van der Waals surface area contributed by atoms with Gasteiger partial charge in [-0.2, -0.15) is 13.2 Å². The van der Waals surface area contributed by atoms with Gasteiger partial charge in [0.15, 0.2) is 17.3 Å². The summed E-state index contributed by atoms with van der Waals surface area (Å²) in [5.41, 5.74) is 3.48. The maximum absolute atomic E-state index is 13.8. The first-order chi connectivity index (χ1) is 18.2. The summed E-state index contributed by atoms with van der Waals surface area (Å²) in [5.74, 6) is 1.19. The molecule has 1 aliphatic carbocycles. The zero-order valence-electron chi connectivity index (χ0n) is 21.1. The number of methoxy groups -OCH3 is 3. The van der Waals surface area contributed by atoms with Crippen LogP contribution in [0.2, 0.25) is 0 Å². The molecule has 1 aliphatic heterocycles. The molecule has 198 valence electrons. The predicted octanol–water partition coefficient (Wildman–Crippen LogP) is 6.71. The van der Waals surface area contributed by atoms with Crippen molar-refractivity contribution < 1.29 is 32.2 Å². The first-order valence-electron chi connectivity index (χ1n) is 12.1. The highest BCUT2D eigenvalue weighted by atomic mass is 19.4. The number of Topliss-reactive ketones (excluding diaryl/α,β-unsaturated/α-hetero) is 1. The van der Waals surface area contributed by atoms with Gasteiger partial charge in [0.2, 0.25) is 5.75 Å². The molecule has 38 heavy (non-hydrogen) atoms. The molecule has 0 saturated heterocycles. The van der Waals surface area contributed by atoms with Crippen molar-refractivity contribution in [3.63, 3.8) is 0 Å². The Hall–Kier alpha value is -4.14. The van der Waals surface area contributed by atoms with Crippen molar-refractivity contribution in [2.45, 2.75) is 31.0 Å². The minimum Gasteiger partial charge on any atom is -0.493 e. The van der Waals surface area contributed by atoms with E-state index in [0.717, 1.165) is 34.8 Å². The summed E-state index contributed by atoms with van der Waals surface area (Å²) in [6.45, 7) is 0. The van der Waals surface area contributed by atoms with Crippen LogP contribution in [0.25, 0.3) is 0 Å². The molecule has 3 aromatic carbocycles. The van der Waals surface area contributed by atoms with Crippen LogP contribution in [-0.2, 0) is 11.0 Å². The number of hydrogen-bond acceptors (Lipinski definition) is 6. The lowest BCUT2D eigenvalue weighted by Gasteiger charge is -2.30. The van der Waals surface area contributed by atoms with E-state index in [2.05, 4.69) is 10.6 Å². The molecule has 0 spiro atoms. The zero-order valence-corrected chi connectivity index (χ0v) is 21.1. The molecule has 9 heteroatoms. The monoisotopic (exact) mass is 524 g/mol. The molecule has 6 nitrogen and oxygen atoms in total. The molecule has 2 atom stereocenters. The Kier molecular flexibility index (Phi) is 6.69. The number of alkyl halides is 3. The van der Waals surface area contributed by atoms with Gasteiger partial charge in [-0.1, -0.05) is 24.3 Å². The van der Waals surface area contributed by atoms with Crippen molar-refractivity contribution in [3.05, 3.63) is 88.6 Å². The Labute approximate surface area is 218 Å². The molecular weight excluding hydrogens is 497 g/mol. The maximum atomic E-state index is 13.8. The summed E-state index contributed by atoms with van der Waals surface area (Å²) < 4.78 is 56.1. The lowest BCUT2D eigenvalue weighted by Crippen LogP contribution is -2.27. The van der Waals surface area contributed by atoms with E-state index in [-0.39, 0.29) is 18.1 Å². The minimum absolute atomic E-state index is 0.0947. The fourth-order valence-corrected chi connectivity index (χ4v) is 5.18. The standard InChI is InChI=1S/C29H27F3N2O4/c1-36-24-14-18(15-25(37-2)28(24)38-3)17-12-22-26(23(35)13-17)27(34-21-7-5-4-6-20(21)33-22)16-8-10-19(11-9-16)29(30,31)32/h4-11,14-15,17,27,33-34H,12-13H2,1-3H3/t17-,27+/m0/s1. The lowest BCUT2D eigenvalue weighted by molar-refractivity contribution is -0.137. The van der Waals surface area contributed by atoms with Gasteiger partial charge in [-0.15, -0.1) is 0 Å². The van der Waals surface area contributed by atoms with Crippen LogP contribution >= 0.6 is 0 Å². The fourth-order valence-electron chi connectivity index (χ4n) is 5.18. The number of fused-ring (bicyclic) bond motifs is 1. The van der Waals surface area contributed by atoms with Gasteiger partial charge in [0.05, 0.1) is 44.3 Å². The number of carbonyl (C=O) groups is 1. The first kappa shape index (κ1) is 25.5. The van der Waals surface area contributed by atoms with E-state index in [9.17, 15) is 18.0 Å². The second-order valence-corrected chi connectivity index (χ2v) is 9.25. The molecule has 0 fully saturated rings. The van der Waals surface area contributed by atoms with E-state index in [1.165, 1.54) is 33.5 Å². The Morgan fingerprint density at radius 2 is 1.45 bits per heavy atom. The summed E-state index contributed by atoms with van der Waals surface area (Å²) in [4.78, 5) is 13.8. The third-order valence-electron chi connectivity index (χ3n) is 7.04. The maximum Gasteiger partial charge on any atom is 0.416 e. The van der Waals surface area contributed by atoms with Crippen molar-refractivity contribution >= 4 is 17.2 Å². The number of halogens is 3. The van der Waals surface area contributed by atoms with Gasteiger partial charge in [0, 0.05) is 17.7 Å². The molecule has 0 unspecified atom stereocenters. The molecule has 0 aromatic heterocycles. The number of hydrogen-bond donors (Lipinski definition) is 2. The van der Waals surface area contributed by atoms with Crippen LogP contribution in [0.15, 0.2) is 71.9 Å². The SMILES string of the molecule is COc1cc([C@@H]2CC(=O)C3=C(C2)Nc2ccccc2N[C@@H]3c2ccc(C(F)(F)F)cc2)cc(OC)c1OC. The molecular formula is C29H27F3N2O4. The van der Waals surface area contributed by atoms with Gasteiger partial charge < -0.3 is 24.8 Å². The van der Waals surface area contributed by atoms with Crippen molar-refractivity contribution in [3.8, 4) is 17.2 Å². The third-order valence-corrected chi connectivity index (χ3v) is 7.04. The Morgan fingerprint density at radius 3 is 2.03 bits per heavy atom. The lowest BCUT2D eigenvalue weighted by atomic mass is 9.78. The van der Waals surface area contributed by atoms with E-state index in [0.29, 0.717) is 34.8 Å². The number of benzene rings is 3. The van der Waals surface area contributed by atoms with E-state index in [1.54, 1.807) is 0 Å². The second kappa shape index (κ2) is 9.96. The summed E-state index contributed by atoms with van der Waals surface area (Å²) in [7, 11) is 4.61. The van der Waals surface area contributed by atoms with Crippen LogP contribution in [0.3, 0.4) is 0 Å². The van der Waals surface area contributed by atoms with Crippen LogP contribution in [0, 0.1) is 0 Å². The molecule has 2 aliphatic rings. The van der Waals surface area contributed by atoms with Crippen LogP contribution in [-0.4, -0.2) is 27.1 Å². The number of ketones is 1. The van der Waals surface area contributed by atoms with Gasteiger partial charge in [0.25, 0.3) is 0 Å². The smallest absolute Gasteiger partial charge is 0.416 e. The summed E-state index contributed by atoms with van der Waals surface area (Å²) in [5, 5.41) is 6.83. The first-order valence-corrected chi connectivity index (χ1v) is 12.1. The van der Waals surface area contributed by atoms with Crippen LogP contribution in [0.5, 0.6) is 17.2 Å². The van der Waals surface area contributed by atoms with Gasteiger partial charge in [-0.05, 0) is 59.9 Å². The average Bonchev–Trinajstić information content (AvgIpc) is 3.08. The number of rotatable bonds is 5. The minimum atomic E-state index is -4.44. The van der Waals surface area contributed by atoms with E-state index >= 15 is 0 Å². The van der Waals surface area contributed by atoms with Gasteiger partial charge >= 0.3 is 6.18 Å². The van der Waals surface area contributed by atoms with E-state index in [1.807, 2.05) is 36.4 Å². The van der Waals surface area contributed by atoms with Crippen molar-refractivity contribution in [2.24, 2.45) is 0 Å². The summed E-state index contributed by atoms with van der Waals surface area (Å²) in [6, 6.07) is 15.6. The van der Waals surface area contributed by atoms with Crippen molar-refractivity contribution in [2.75, 3.05) is 32.0 Å². The number of ether oxygens (including phenoxy) is 3. The molecule has 2 N–H and O–H groups in total. The molecule has 0 amide bonds. The summed E-state index contributed by atoms with van der Waals surface area (Å²) >= 11 is 0. The molecule has 1 heterocycles. The van der Waals surface area contributed by atoms with Crippen molar-refractivity contribution in [1.29, 1.82) is 0 Å². The number of para-hydroxylation sites is 2. The number of nitrogens with one attached hydrogen (secondary N) is 2. The van der Waals surface area contributed by atoms with Gasteiger partial charge in [0.1, 0.15) is 0 Å². The average molecular weight is 525 g/mol. The molecule has 0 radical (unpaired) electrons. The predicted molar refractivity (Wildman–Crippen MR) is 138 cm³/mol. The zero-order chi connectivity index (χ0) is 27.0. The Bertz CT molecular complexity index is 1370. The molecule has 5 rings (SSSR count). The molecule has 0 bridgehead atoms. The largest absolute Gasteiger partial charge is 0.493 e. The van der Waals surface area contributed by atoms with Gasteiger partial charge in [-0.3, -0.25) is 4.79 Å². The van der Waals surface area contributed by atoms with Gasteiger partial charge in [-0.25, -0.2) is 0 Å². The van der Waals surface area contributed by atoms with E-state index < -0.39 is 17.8 Å². The molecule has 0 saturated carbocycles. The number of allylic oxidation sites excluding steroid dienone is 1. The van der Waals surface area contributed by atoms with Crippen molar-refractivity contribution in [1.82, 2.24) is 0 Å². The van der Waals surface area contributed by atoms with Crippen LogP contribution in [0.4, 0.5) is 24.5 Å².